The molecule has 2 nitrogen and oxygen atoms in total. The van der Waals surface area contributed by atoms with E-state index in [0.717, 1.165) is 31.5 Å². The van der Waals surface area contributed by atoms with E-state index >= 15 is 0 Å². The maximum Gasteiger partial charge on any atom is 0.0989 e. The summed E-state index contributed by atoms with van der Waals surface area (Å²) in [4.78, 5) is 0. The predicted molar refractivity (Wildman–Crippen MR) is 104 cm³/mol. The Hall–Kier alpha value is -1.91. The minimum atomic E-state index is 0.890. The Morgan fingerprint density at radius 3 is 2.09 bits per heavy atom. The van der Waals surface area contributed by atoms with Gasteiger partial charge in [0.1, 0.15) is 0 Å². The summed E-state index contributed by atoms with van der Waals surface area (Å²) < 4.78 is 2.06. The fourth-order valence-electron chi connectivity index (χ4n) is 2.17. The molecule has 114 valence electrons. The molecule has 3 aromatic rings. The van der Waals surface area contributed by atoms with Gasteiger partial charge in [-0.1, -0.05) is 80.4 Å². The van der Waals surface area contributed by atoms with Crippen LogP contribution in [-0.4, -0.2) is 5.71 Å². The normalized spacial score (nSPS) is 11.3. The predicted octanol–water partition coefficient (Wildman–Crippen LogP) is 6.08. The number of anilines is 1. The number of halogens is 2. The van der Waals surface area contributed by atoms with Gasteiger partial charge in [0.05, 0.1) is 11.4 Å². The molecule has 0 amide bonds. The van der Waals surface area contributed by atoms with E-state index < -0.39 is 0 Å². The second-order valence-corrected chi connectivity index (χ2v) is 6.69. The Balaban J connectivity index is 2.00. The van der Waals surface area contributed by atoms with E-state index in [-0.39, 0.29) is 0 Å². The monoisotopic (exact) mass is 428 g/mol. The minimum absolute atomic E-state index is 0.890. The first-order valence-corrected chi connectivity index (χ1v) is 8.72. The zero-order chi connectivity index (χ0) is 16.1. The van der Waals surface area contributed by atoms with Crippen LogP contribution >= 0.6 is 31.9 Å². The van der Waals surface area contributed by atoms with Crippen LogP contribution in [0.5, 0.6) is 0 Å². The third-order valence-electron chi connectivity index (χ3n) is 3.32. The van der Waals surface area contributed by atoms with Gasteiger partial charge in [0.15, 0.2) is 0 Å². The van der Waals surface area contributed by atoms with Crippen molar-refractivity contribution in [2.24, 2.45) is 5.10 Å². The van der Waals surface area contributed by atoms with Gasteiger partial charge in [-0.3, -0.25) is 5.43 Å². The number of hydrazone groups is 1. The Morgan fingerprint density at radius 2 is 1.39 bits per heavy atom. The van der Waals surface area contributed by atoms with Gasteiger partial charge in [-0.25, -0.2) is 0 Å². The second-order valence-electron chi connectivity index (χ2n) is 4.92. The smallest absolute Gasteiger partial charge is 0.0989 e. The molecule has 23 heavy (non-hydrogen) atoms. The SMILES string of the molecule is Brc1ccc(NN=C(c2ccccc2)c2ccccc2Br)cc1. The van der Waals surface area contributed by atoms with Gasteiger partial charge in [0.2, 0.25) is 0 Å². The molecule has 0 aliphatic rings. The van der Waals surface area contributed by atoms with Crippen LogP contribution in [0.1, 0.15) is 11.1 Å². The van der Waals surface area contributed by atoms with Crippen LogP contribution in [0.15, 0.2) is 92.9 Å². The second kappa shape index (κ2) is 7.57. The van der Waals surface area contributed by atoms with Crippen molar-refractivity contribution in [3.8, 4) is 0 Å². The van der Waals surface area contributed by atoms with Crippen LogP contribution in [0.4, 0.5) is 5.69 Å². The number of hydrogen-bond donors (Lipinski definition) is 1. The number of hydrogen-bond acceptors (Lipinski definition) is 2. The van der Waals surface area contributed by atoms with Crippen molar-refractivity contribution >= 4 is 43.3 Å². The lowest BCUT2D eigenvalue weighted by atomic mass is 10.0. The molecular weight excluding hydrogens is 416 g/mol. The first-order valence-electron chi connectivity index (χ1n) is 7.13. The number of nitrogens with one attached hydrogen (secondary N) is 1. The Kier molecular flexibility index (Phi) is 5.26. The van der Waals surface area contributed by atoms with E-state index in [0.29, 0.717) is 0 Å². The minimum Gasteiger partial charge on any atom is -0.278 e. The highest BCUT2D eigenvalue weighted by atomic mass is 79.9. The lowest BCUT2D eigenvalue weighted by molar-refractivity contribution is 1.32. The summed E-state index contributed by atoms with van der Waals surface area (Å²) in [6.07, 6.45) is 0. The van der Waals surface area contributed by atoms with Gasteiger partial charge in [0, 0.05) is 20.1 Å². The van der Waals surface area contributed by atoms with Gasteiger partial charge < -0.3 is 0 Å². The van der Waals surface area contributed by atoms with E-state index in [1.54, 1.807) is 0 Å². The topological polar surface area (TPSA) is 24.4 Å². The Labute approximate surface area is 152 Å². The molecule has 0 aliphatic heterocycles. The summed E-state index contributed by atoms with van der Waals surface area (Å²) in [6.45, 7) is 0. The van der Waals surface area contributed by atoms with Gasteiger partial charge in [-0.05, 0) is 30.3 Å². The summed E-state index contributed by atoms with van der Waals surface area (Å²) in [6, 6.07) is 26.2. The van der Waals surface area contributed by atoms with Crippen molar-refractivity contribution in [3.05, 3.63) is 98.9 Å². The molecule has 0 heterocycles. The molecule has 1 N–H and O–H groups in total. The van der Waals surface area contributed by atoms with Crippen LogP contribution in [0.3, 0.4) is 0 Å². The summed E-state index contributed by atoms with van der Waals surface area (Å²) in [7, 11) is 0. The third-order valence-corrected chi connectivity index (χ3v) is 4.54. The van der Waals surface area contributed by atoms with Crippen molar-refractivity contribution in [2.75, 3.05) is 5.43 Å². The highest BCUT2D eigenvalue weighted by molar-refractivity contribution is 9.10. The lowest BCUT2D eigenvalue weighted by Crippen LogP contribution is -2.07. The van der Waals surface area contributed by atoms with E-state index in [1.165, 1.54) is 0 Å². The van der Waals surface area contributed by atoms with Crippen LogP contribution in [0.25, 0.3) is 0 Å². The summed E-state index contributed by atoms with van der Waals surface area (Å²) >= 11 is 7.05. The average Bonchev–Trinajstić information content (AvgIpc) is 2.59. The van der Waals surface area contributed by atoms with Crippen LogP contribution in [0.2, 0.25) is 0 Å². The molecule has 0 saturated carbocycles. The number of nitrogens with zero attached hydrogens (tertiary/aromatic N) is 1. The van der Waals surface area contributed by atoms with Crippen molar-refractivity contribution < 1.29 is 0 Å². The van der Waals surface area contributed by atoms with Crippen LogP contribution in [-0.2, 0) is 0 Å². The van der Waals surface area contributed by atoms with E-state index in [4.69, 9.17) is 0 Å². The lowest BCUT2D eigenvalue weighted by Gasteiger charge is -2.10. The summed E-state index contributed by atoms with van der Waals surface area (Å²) in [5.41, 5.74) is 7.07. The Bertz CT molecular complexity index is 812. The molecule has 0 saturated heterocycles. The number of rotatable bonds is 4. The van der Waals surface area contributed by atoms with E-state index in [9.17, 15) is 0 Å². The Morgan fingerprint density at radius 1 is 0.739 bits per heavy atom. The zero-order valence-corrected chi connectivity index (χ0v) is 15.4. The maximum atomic E-state index is 4.65. The fraction of sp³-hybridized carbons (Fsp3) is 0. The van der Waals surface area contributed by atoms with Crippen molar-refractivity contribution in [3.63, 3.8) is 0 Å². The van der Waals surface area contributed by atoms with Crippen LogP contribution in [0, 0.1) is 0 Å². The number of benzene rings is 3. The highest BCUT2D eigenvalue weighted by Gasteiger charge is 2.10. The van der Waals surface area contributed by atoms with Crippen molar-refractivity contribution in [2.45, 2.75) is 0 Å². The quantitative estimate of drug-likeness (QED) is 0.394. The van der Waals surface area contributed by atoms with Gasteiger partial charge in [-0.15, -0.1) is 0 Å². The van der Waals surface area contributed by atoms with Gasteiger partial charge in [0.25, 0.3) is 0 Å². The maximum absolute atomic E-state index is 4.65. The van der Waals surface area contributed by atoms with Crippen LogP contribution < -0.4 is 5.43 Å². The van der Waals surface area contributed by atoms with E-state index in [1.807, 2.05) is 60.7 Å². The standard InChI is InChI=1S/C19H14Br2N2/c20-15-10-12-16(13-11-15)22-23-19(14-6-2-1-3-7-14)17-8-4-5-9-18(17)21/h1-13,22H. The van der Waals surface area contributed by atoms with Crippen molar-refractivity contribution in [1.29, 1.82) is 0 Å². The molecule has 0 spiro atoms. The molecule has 0 bridgehead atoms. The highest BCUT2D eigenvalue weighted by Crippen LogP contribution is 2.21. The molecule has 0 fully saturated rings. The first kappa shape index (κ1) is 16.0. The molecule has 3 rings (SSSR count). The summed E-state index contributed by atoms with van der Waals surface area (Å²) in [5.74, 6) is 0. The fourth-order valence-corrected chi connectivity index (χ4v) is 2.91. The molecule has 0 unspecified atom stereocenters. The molecule has 0 aromatic heterocycles. The first-order chi connectivity index (χ1) is 11.2. The van der Waals surface area contributed by atoms with Crippen molar-refractivity contribution in [1.82, 2.24) is 0 Å². The molecule has 4 heteroatoms. The molecule has 0 radical (unpaired) electrons. The van der Waals surface area contributed by atoms with Gasteiger partial charge >= 0.3 is 0 Å². The zero-order valence-electron chi connectivity index (χ0n) is 12.2. The molecular formula is C19H14Br2N2. The summed E-state index contributed by atoms with van der Waals surface area (Å²) in [5, 5.41) is 4.65. The third kappa shape index (κ3) is 4.09. The molecule has 0 atom stereocenters. The largest absolute Gasteiger partial charge is 0.278 e. The molecule has 0 aliphatic carbocycles. The van der Waals surface area contributed by atoms with Gasteiger partial charge in [-0.2, -0.15) is 5.10 Å². The molecule has 3 aromatic carbocycles. The van der Waals surface area contributed by atoms with E-state index in [2.05, 4.69) is 60.6 Å². The average molecular weight is 430 g/mol.